The quantitative estimate of drug-likeness (QED) is 0.503. The minimum atomic E-state index is -0.0386. The van der Waals surface area contributed by atoms with Crippen molar-refractivity contribution in [3.05, 3.63) is 58.1 Å². The van der Waals surface area contributed by atoms with Gasteiger partial charge in [-0.15, -0.1) is 11.3 Å². The Labute approximate surface area is 177 Å². The summed E-state index contributed by atoms with van der Waals surface area (Å²) in [6.07, 6.45) is 4.15. The van der Waals surface area contributed by atoms with Gasteiger partial charge in [0.1, 0.15) is 12.1 Å². The fourth-order valence-electron chi connectivity index (χ4n) is 3.61. The Bertz CT molecular complexity index is 1300. The molecule has 0 N–H and O–H groups in total. The molecule has 1 aliphatic heterocycles. The number of fused-ring (bicyclic) bond motifs is 3. The largest absolute Gasteiger partial charge is 0.493 e. The van der Waals surface area contributed by atoms with E-state index in [1.807, 2.05) is 22.9 Å². The van der Waals surface area contributed by atoms with Crippen molar-refractivity contribution in [2.75, 3.05) is 6.61 Å². The number of benzene rings is 1. The number of pyridine rings is 1. The summed E-state index contributed by atoms with van der Waals surface area (Å²) in [6.45, 7) is 4.76. The lowest BCUT2D eigenvalue weighted by atomic mass is 10.0. The normalized spacial score (nSPS) is 12.9. The van der Waals surface area contributed by atoms with Crippen LogP contribution in [0.25, 0.3) is 33.2 Å². The van der Waals surface area contributed by atoms with Gasteiger partial charge in [-0.1, -0.05) is 6.07 Å². The van der Waals surface area contributed by atoms with Gasteiger partial charge in [0.2, 0.25) is 0 Å². The third-order valence-corrected chi connectivity index (χ3v) is 6.32. The van der Waals surface area contributed by atoms with E-state index in [0.29, 0.717) is 6.61 Å². The summed E-state index contributed by atoms with van der Waals surface area (Å²) >= 11 is 1.64. The van der Waals surface area contributed by atoms with Crippen LogP contribution in [0.5, 0.6) is 5.75 Å². The molecule has 0 radical (unpaired) electrons. The van der Waals surface area contributed by atoms with E-state index in [2.05, 4.69) is 30.0 Å². The lowest BCUT2D eigenvalue weighted by molar-refractivity contribution is 0.327. The summed E-state index contributed by atoms with van der Waals surface area (Å²) in [5.74, 6) is 1.59. The van der Waals surface area contributed by atoms with Crippen LogP contribution < -0.4 is 10.3 Å². The van der Waals surface area contributed by atoms with Crippen LogP contribution in [-0.4, -0.2) is 30.9 Å². The third-order valence-electron chi connectivity index (χ3n) is 5.21. The molecule has 0 saturated carbocycles. The molecule has 1 aromatic carbocycles. The molecule has 8 heteroatoms. The Balaban J connectivity index is 1.64. The van der Waals surface area contributed by atoms with E-state index in [4.69, 9.17) is 9.72 Å². The predicted molar refractivity (Wildman–Crippen MR) is 117 cm³/mol. The number of aromatic nitrogens is 5. The molecule has 7 nitrogen and oxygen atoms in total. The van der Waals surface area contributed by atoms with Gasteiger partial charge >= 0.3 is 0 Å². The standard InChI is InChI=1S/C22H21N5O2S/c1-13(2)27-21(23-12-24-27)22-25-20-16-10-14(15-6-8-26(3)19(28)11-15)4-5-17(16)29-9-7-18(20)30-22/h4-6,8,10-13H,7,9H2,1-3H3. The molecule has 0 spiro atoms. The highest BCUT2D eigenvalue weighted by Gasteiger charge is 2.24. The van der Waals surface area contributed by atoms with Crippen LogP contribution >= 0.6 is 11.3 Å². The fraction of sp³-hybridized carbons (Fsp3) is 0.273. The topological polar surface area (TPSA) is 74.8 Å². The number of hydrogen-bond acceptors (Lipinski definition) is 6. The molecule has 4 aromatic rings. The van der Waals surface area contributed by atoms with Crippen LogP contribution in [0.3, 0.4) is 0 Å². The molecule has 4 heterocycles. The Morgan fingerprint density at radius 2 is 2.00 bits per heavy atom. The molecule has 0 aliphatic carbocycles. The van der Waals surface area contributed by atoms with Gasteiger partial charge in [0.15, 0.2) is 10.8 Å². The summed E-state index contributed by atoms with van der Waals surface area (Å²) in [7, 11) is 1.75. The Hall–Kier alpha value is -3.26. The van der Waals surface area contributed by atoms with Crippen molar-refractivity contribution in [2.24, 2.45) is 7.05 Å². The van der Waals surface area contributed by atoms with Gasteiger partial charge in [0.05, 0.1) is 12.3 Å². The highest BCUT2D eigenvalue weighted by atomic mass is 32.1. The van der Waals surface area contributed by atoms with Crippen LogP contribution in [0.4, 0.5) is 0 Å². The van der Waals surface area contributed by atoms with E-state index in [1.165, 1.54) is 4.88 Å². The molecule has 0 amide bonds. The maximum atomic E-state index is 12.1. The van der Waals surface area contributed by atoms with E-state index in [0.717, 1.165) is 45.4 Å². The number of nitrogens with zero attached hydrogens (tertiary/aromatic N) is 5. The zero-order valence-electron chi connectivity index (χ0n) is 17.0. The van der Waals surface area contributed by atoms with Gasteiger partial charge in [-0.05, 0) is 43.2 Å². The molecule has 1 aliphatic rings. The van der Waals surface area contributed by atoms with Gasteiger partial charge in [0, 0.05) is 42.2 Å². The number of thiazole rings is 1. The van der Waals surface area contributed by atoms with Crippen molar-refractivity contribution in [1.82, 2.24) is 24.3 Å². The van der Waals surface area contributed by atoms with Gasteiger partial charge in [-0.2, -0.15) is 5.10 Å². The first-order valence-corrected chi connectivity index (χ1v) is 10.7. The van der Waals surface area contributed by atoms with Crippen LogP contribution in [-0.2, 0) is 13.5 Å². The summed E-state index contributed by atoms with van der Waals surface area (Å²) in [5, 5.41) is 5.21. The minimum Gasteiger partial charge on any atom is -0.493 e. The number of rotatable bonds is 3. The molecule has 0 fully saturated rings. The average Bonchev–Trinajstić information content (AvgIpc) is 3.34. The van der Waals surface area contributed by atoms with E-state index < -0.39 is 0 Å². The molecule has 3 aromatic heterocycles. The number of ether oxygens (including phenoxy) is 1. The van der Waals surface area contributed by atoms with Crippen molar-refractivity contribution in [3.63, 3.8) is 0 Å². The van der Waals surface area contributed by atoms with Gasteiger partial charge < -0.3 is 9.30 Å². The van der Waals surface area contributed by atoms with Crippen molar-refractivity contribution in [3.8, 4) is 39.0 Å². The highest BCUT2D eigenvalue weighted by molar-refractivity contribution is 7.15. The first-order valence-electron chi connectivity index (χ1n) is 9.85. The zero-order chi connectivity index (χ0) is 20.8. The van der Waals surface area contributed by atoms with Gasteiger partial charge in [-0.3, -0.25) is 4.79 Å². The van der Waals surface area contributed by atoms with Crippen LogP contribution in [0, 0.1) is 0 Å². The lowest BCUT2D eigenvalue weighted by Crippen LogP contribution is -2.14. The van der Waals surface area contributed by atoms with Gasteiger partial charge in [0.25, 0.3) is 5.56 Å². The Morgan fingerprint density at radius 3 is 2.80 bits per heavy atom. The molecule has 0 saturated heterocycles. The monoisotopic (exact) mass is 419 g/mol. The molecule has 0 unspecified atom stereocenters. The summed E-state index contributed by atoms with van der Waals surface area (Å²) in [6, 6.07) is 9.81. The molecule has 0 bridgehead atoms. The van der Waals surface area contributed by atoms with Crippen molar-refractivity contribution < 1.29 is 4.74 Å². The smallest absolute Gasteiger partial charge is 0.250 e. The van der Waals surface area contributed by atoms with Crippen LogP contribution in [0.2, 0.25) is 0 Å². The number of aryl methyl sites for hydroxylation is 1. The second-order valence-electron chi connectivity index (χ2n) is 7.59. The van der Waals surface area contributed by atoms with E-state index >= 15 is 0 Å². The molecule has 0 atom stereocenters. The molecular formula is C22H21N5O2S. The van der Waals surface area contributed by atoms with Crippen molar-refractivity contribution in [1.29, 1.82) is 0 Å². The van der Waals surface area contributed by atoms with E-state index in [-0.39, 0.29) is 11.6 Å². The number of hydrogen-bond donors (Lipinski definition) is 0. The third kappa shape index (κ3) is 3.13. The first-order chi connectivity index (χ1) is 14.5. The predicted octanol–water partition coefficient (Wildman–Crippen LogP) is 3.95. The van der Waals surface area contributed by atoms with E-state index in [9.17, 15) is 4.79 Å². The lowest BCUT2D eigenvalue weighted by Gasteiger charge is -2.10. The van der Waals surface area contributed by atoms with Gasteiger partial charge in [-0.25, -0.2) is 14.6 Å². The fourth-order valence-corrected chi connectivity index (χ4v) is 4.66. The SMILES string of the molecule is CC(C)n1ncnc1-c1nc2c(s1)CCOc1ccc(-c3ccn(C)c(=O)c3)cc1-2. The maximum absolute atomic E-state index is 12.1. The summed E-state index contributed by atoms with van der Waals surface area (Å²) in [4.78, 5) is 22.7. The highest BCUT2D eigenvalue weighted by Crippen LogP contribution is 2.41. The van der Waals surface area contributed by atoms with Crippen LogP contribution in [0.1, 0.15) is 24.8 Å². The second-order valence-corrected chi connectivity index (χ2v) is 8.67. The first kappa shape index (κ1) is 18.7. The van der Waals surface area contributed by atoms with Crippen molar-refractivity contribution >= 4 is 11.3 Å². The molecule has 30 heavy (non-hydrogen) atoms. The average molecular weight is 420 g/mol. The summed E-state index contributed by atoms with van der Waals surface area (Å²) < 4.78 is 9.44. The summed E-state index contributed by atoms with van der Waals surface area (Å²) in [5.41, 5.74) is 3.66. The molecular weight excluding hydrogens is 398 g/mol. The Kier molecular flexibility index (Phi) is 4.51. The minimum absolute atomic E-state index is 0.0386. The molecule has 5 rings (SSSR count). The van der Waals surface area contributed by atoms with Crippen molar-refractivity contribution in [2.45, 2.75) is 26.3 Å². The second kappa shape index (κ2) is 7.21. The zero-order valence-corrected chi connectivity index (χ0v) is 17.8. The van der Waals surface area contributed by atoms with E-state index in [1.54, 1.807) is 41.5 Å². The van der Waals surface area contributed by atoms with Crippen LogP contribution in [0.15, 0.2) is 47.7 Å². The molecule has 152 valence electrons. The maximum Gasteiger partial charge on any atom is 0.250 e. The Morgan fingerprint density at radius 1 is 1.17 bits per heavy atom.